The van der Waals surface area contributed by atoms with Crippen LogP contribution in [-0.2, 0) is 19.5 Å². The summed E-state index contributed by atoms with van der Waals surface area (Å²) in [6, 6.07) is 11.1. The fourth-order valence-electron chi connectivity index (χ4n) is 4.48. The predicted octanol–water partition coefficient (Wildman–Crippen LogP) is 5.16. The van der Waals surface area contributed by atoms with E-state index in [4.69, 9.17) is 11.6 Å². The number of hydrogen-bond donors (Lipinski definition) is 1. The molecule has 4 aromatic heterocycles. The summed E-state index contributed by atoms with van der Waals surface area (Å²) in [4.78, 5) is 8.90. The highest BCUT2D eigenvalue weighted by Crippen LogP contribution is 2.42. The first-order valence-corrected chi connectivity index (χ1v) is 11.6. The number of fused-ring (bicyclic) bond motifs is 3. The summed E-state index contributed by atoms with van der Waals surface area (Å²) in [5.74, 6) is -2.31. The molecule has 0 amide bonds. The Kier molecular flexibility index (Phi) is 6.24. The van der Waals surface area contributed by atoms with E-state index in [0.29, 0.717) is 29.7 Å². The van der Waals surface area contributed by atoms with Crippen LogP contribution in [0.25, 0.3) is 22.8 Å². The highest BCUT2D eigenvalue weighted by Gasteiger charge is 2.44. The largest absolute Gasteiger partial charge is 0.342 e. The van der Waals surface area contributed by atoms with Crippen LogP contribution in [-0.4, -0.2) is 39.1 Å². The van der Waals surface area contributed by atoms with Crippen LogP contribution in [0.5, 0.6) is 0 Å². The van der Waals surface area contributed by atoms with Crippen LogP contribution in [0.3, 0.4) is 0 Å². The van der Waals surface area contributed by atoms with Gasteiger partial charge < -0.3 is 9.88 Å². The molecule has 1 aliphatic heterocycles. The van der Waals surface area contributed by atoms with Gasteiger partial charge in [-0.15, -0.1) is 10.2 Å². The molecule has 0 saturated heterocycles. The maximum Gasteiger partial charge on any atom is 0.333 e. The molecule has 190 valence electrons. The van der Waals surface area contributed by atoms with Crippen LogP contribution in [0, 0.1) is 0 Å². The number of nitrogens with one attached hydrogen (secondary N) is 1. The van der Waals surface area contributed by atoms with Gasteiger partial charge in [0.15, 0.2) is 5.82 Å². The fourth-order valence-corrected chi connectivity index (χ4v) is 4.73. The summed E-state index contributed by atoms with van der Waals surface area (Å²) in [5.41, 5.74) is 1.86. The Labute approximate surface area is 222 Å². The molecule has 9 nitrogen and oxygen atoms in total. The van der Waals surface area contributed by atoms with Crippen molar-refractivity contribution < 1.29 is 8.78 Å². The lowest BCUT2D eigenvalue weighted by Crippen LogP contribution is -2.28. The lowest BCUT2D eigenvalue weighted by atomic mass is 10.1. The van der Waals surface area contributed by atoms with Gasteiger partial charge in [-0.05, 0) is 25.1 Å². The van der Waals surface area contributed by atoms with E-state index < -0.39 is 11.7 Å². The van der Waals surface area contributed by atoms with Crippen molar-refractivity contribution in [1.82, 2.24) is 39.1 Å². The monoisotopic (exact) mass is 541 g/mol. The van der Waals surface area contributed by atoms with E-state index in [-0.39, 0.29) is 30.1 Å². The summed E-state index contributed by atoms with van der Waals surface area (Å²) < 4.78 is 36.3. The van der Waals surface area contributed by atoms with Crippen molar-refractivity contribution in [3.8, 4) is 22.8 Å². The second-order valence-corrected chi connectivity index (χ2v) is 9.02. The lowest BCUT2D eigenvalue weighted by Gasteiger charge is -2.27. The maximum atomic E-state index is 15.6. The number of benzene rings is 1. The first-order chi connectivity index (χ1) is 17.3. The molecular weight excluding hydrogens is 520 g/mol. The molecule has 1 aromatic carbocycles. The van der Waals surface area contributed by atoms with Gasteiger partial charge in [0, 0.05) is 43.2 Å². The van der Waals surface area contributed by atoms with E-state index in [1.54, 1.807) is 29.2 Å². The lowest BCUT2D eigenvalue weighted by molar-refractivity contribution is 0.0269. The van der Waals surface area contributed by atoms with Crippen LogP contribution in [0.4, 0.5) is 20.5 Å². The fraction of sp³-hybridized carbons (Fsp3) is 0.208. The third kappa shape index (κ3) is 4.15. The zero-order chi connectivity index (χ0) is 25.0. The minimum absolute atomic E-state index is 0. The number of hydrogen-bond acceptors (Lipinski definition) is 6. The molecule has 0 unspecified atom stereocenters. The number of halogens is 3. The van der Waals surface area contributed by atoms with Crippen molar-refractivity contribution in [2.45, 2.75) is 25.4 Å². The molecule has 0 radical (unpaired) electrons. The highest BCUT2D eigenvalue weighted by molar-refractivity contribution is 7.59. The van der Waals surface area contributed by atoms with E-state index >= 15 is 8.78 Å². The smallest absolute Gasteiger partial charge is 0.333 e. The number of aromatic nitrogens is 8. The normalized spacial score (nSPS) is 14.6. The van der Waals surface area contributed by atoms with E-state index in [2.05, 4.69) is 30.6 Å². The van der Waals surface area contributed by atoms with Crippen molar-refractivity contribution >= 4 is 36.9 Å². The van der Waals surface area contributed by atoms with Crippen molar-refractivity contribution in [1.29, 1.82) is 0 Å². The molecule has 0 aliphatic carbocycles. The maximum absolute atomic E-state index is 15.6. The van der Waals surface area contributed by atoms with Gasteiger partial charge >= 0.3 is 5.92 Å². The molecule has 0 saturated carbocycles. The average molecular weight is 542 g/mol. The summed E-state index contributed by atoms with van der Waals surface area (Å²) in [6.45, 7) is 2.33. The van der Waals surface area contributed by atoms with Gasteiger partial charge in [0.25, 0.3) is 0 Å². The number of alkyl halides is 2. The van der Waals surface area contributed by atoms with Crippen molar-refractivity contribution in [3.63, 3.8) is 0 Å². The molecular formula is C24H22ClF2N9S. The van der Waals surface area contributed by atoms with Crippen molar-refractivity contribution in [2.24, 2.45) is 7.05 Å². The number of rotatable bonds is 5. The van der Waals surface area contributed by atoms with Crippen LogP contribution >= 0.6 is 25.1 Å². The topological polar surface area (TPSA) is 91.3 Å². The van der Waals surface area contributed by atoms with E-state index in [1.807, 2.05) is 36.9 Å². The van der Waals surface area contributed by atoms with Crippen LogP contribution in [0.15, 0.2) is 61.1 Å². The predicted molar refractivity (Wildman–Crippen MR) is 141 cm³/mol. The van der Waals surface area contributed by atoms with Crippen molar-refractivity contribution in [3.05, 3.63) is 77.5 Å². The zero-order valence-electron chi connectivity index (χ0n) is 19.8. The number of nitrogens with zero attached hydrogens (tertiary/aromatic N) is 8. The summed E-state index contributed by atoms with van der Waals surface area (Å²) in [7, 11) is 1.81. The molecule has 13 heteroatoms. The number of aryl methyl sites for hydroxylation is 1. The standard InChI is InChI=1S/C24H20ClF2N9.H2S/c1-14-12-35-13-15(18-7-9-28-23(30-18)31-20-8-10-29-34(20)2)11-19(35)21-32-33-22(36(14)21)24(26,27)16-5-3-4-6-17(16)25;/h3-11,13-14H,12H2,1-2H3,(H,28,30,31);1H2/t14-;/m0./s1. The minimum Gasteiger partial charge on any atom is -0.342 e. The molecule has 1 atom stereocenters. The quantitative estimate of drug-likeness (QED) is 0.330. The Balaban J connectivity index is 0.00000280. The van der Waals surface area contributed by atoms with Crippen LogP contribution in [0.2, 0.25) is 5.02 Å². The van der Waals surface area contributed by atoms with Gasteiger partial charge in [-0.3, -0.25) is 9.25 Å². The molecule has 0 spiro atoms. The molecule has 6 rings (SSSR count). The minimum atomic E-state index is -3.41. The molecule has 0 fully saturated rings. The van der Waals surface area contributed by atoms with Crippen LogP contribution in [0.1, 0.15) is 24.4 Å². The van der Waals surface area contributed by atoms with Gasteiger partial charge in [-0.25, -0.2) is 9.97 Å². The molecule has 1 aliphatic rings. The average Bonchev–Trinajstić information content (AvgIpc) is 3.58. The Morgan fingerprint density at radius 1 is 1.11 bits per heavy atom. The molecule has 1 N–H and O–H groups in total. The van der Waals surface area contributed by atoms with Gasteiger partial charge in [-0.1, -0.05) is 29.8 Å². The first-order valence-electron chi connectivity index (χ1n) is 11.2. The van der Waals surface area contributed by atoms with Crippen molar-refractivity contribution in [2.75, 3.05) is 5.32 Å². The first kappa shape index (κ1) is 24.9. The third-order valence-electron chi connectivity index (χ3n) is 6.23. The van der Waals surface area contributed by atoms with Gasteiger partial charge in [0.2, 0.25) is 11.8 Å². The van der Waals surface area contributed by atoms with E-state index in [0.717, 1.165) is 11.4 Å². The number of anilines is 2. The Hall–Kier alpha value is -3.77. The second kappa shape index (κ2) is 9.27. The second-order valence-electron chi connectivity index (χ2n) is 8.62. The third-order valence-corrected chi connectivity index (χ3v) is 6.56. The van der Waals surface area contributed by atoms with Gasteiger partial charge in [0.05, 0.1) is 28.6 Å². The Morgan fingerprint density at radius 2 is 1.92 bits per heavy atom. The highest BCUT2D eigenvalue weighted by atomic mass is 35.5. The van der Waals surface area contributed by atoms with Gasteiger partial charge in [-0.2, -0.15) is 27.4 Å². The molecule has 0 bridgehead atoms. The SMILES string of the molecule is C[C@H]1Cn2cc(-c3ccnc(Nc4ccnn4C)n3)cc2-c2nnc(C(F)(F)c3ccccc3Cl)n21.S. The molecule has 37 heavy (non-hydrogen) atoms. The van der Waals surface area contributed by atoms with E-state index in [1.165, 1.54) is 22.8 Å². The summed E-state index contributed by atoms with van der Waals surface area (Å²) in [6.07, 6.45) is 5.27. The summed E-state index contributed by atoms with van der Waals surface area (Å²) >= 11 is 6.10. The Bertz CT molecular complexity index is 1590. The summed E-state index contributed by atoms with van der Waals surface area (Å²) in [5, 5.41) is 15.3. The van der Waals surface area contributed by atoms with Gasteiger partial charge in [0.1, 0.15) is 5.82 Å². The van der Waals surface area contributed by atoms with Crippen LogP contribution < -0.4 is 5.32 Å². The zero-order valence-corrected chi connectivity index (χ0v) is 21.5. The molecule has 5 heterocycles. The Morgan fingerprint density at radius 3 is 2.68 bits per heavy atom. The molecule has 5 aromatic rings. The van der Waals surface area contributed by atoms with E-state index in [9.17, 15) is 0 Å².